The van der Waals surface area contributed by atoms with E-state index >= 15 is 0 Å². The van der Waals surface area contributed by atoms with Crippen molar-refractivity contribution in [3.05, 3.63) is 89.5 Å². The molecule has 2 atom stereocenters. The quantitative estimate of drug-likeness (QED) is 0.384. The molecule has 0 saturated heterocycles. The highest BCUT2D eigenvalue weighted by Crippen LogP contribution is 2.44. The Bertz CT molecular complexity index is 1250. The number of carbonyl (C=O) groups is 1. The van der Waals surface area contributed by atoms with Gasteiger partial charge in [0.1, 0.15) is 5.75 Å². The Morgan fingerprint density at radius 2 is 1.61 bits per heavy atom. The minimum atomic E-state index is -0.409. The molecule has 2 unspecified atom stereocenters. The number of rotatable bonds is 1. The van der Waals surface area contributed by atoms with Crippen LogP contribution in [0.25, 0.3) is 21.5 Å². The van der Waals surface area contributed by atoms with E-state index in [4.69, 9.17) is 4.74 Å². The first-order valence-electron chi connectivity index (χ1n) is 10.0. The Morgan fingerprint density at radius 3 is 2.54 bits per heavy atom. The Kier molecular flexibility index (Phi) is 3.37. The lowest BCUT2D eigenvalue weighted by Gasteiger charge is -2.30. The fraction of sp³-hybridized carbons (Fsp3) is 0.192. The largest absolute Gasteiger partial charge is 0.481 e. The van der Waals surface area contributed by atoms with E-state index in [-0.39, 0.29) is 11.7 Å². The summed E-state index contributed by atoms with van der Waals surface area (Å²) < 4.78 is 6.20. The van der Waals surface area contributed by atoms with Crippen molar-refractivity contribution >= 4 is 27.3 Å². The van der Waals surface area contributed by atoms with Crippen LogP contribution in [-0.2, 0) is 6.42 Å². The van der Waals surface area contributed by atoms with Crippen LogP contribution in [0, 0.1) is 0 Å². The van der Waals surface area contributed by atoms with Crippen molar-refractivity contribution in [2.24, 2.45) is 0 Å². The number of hydrogen-bond acceptors (Lipinski definition) is 2. The van der Waals surface area contributed by atoms with Gasteiger partial charge >= 0.3 is 0 Å². The number of Topliss-reactive ketones (excluding diaryl/α,β-unsaturated/α-hetero) is 1. The Hall–Kier alpha value is -3.13. The second kappa shape index (κ2) is 5.93. The van der Waals surface area contributed by atoms with Crippen molar-refractivity contribution < 1.29 is 9.53 Å². The highest BCUT2D eigenvalue weighted by atomic mass is 16.5. The third-order valence-corrected chi connectivity index (χ3v) is 6.42. The van der Waals surface area contributed by atoms with Crippen LogP contribution in [0.2, 0.25) is 0 Å². The zero-order chi connectivity index (χ0) is 18.7. The molecule has 1 aliphatic carbocycles. The summed E-state index contributed by atoms with van der Waals surface area (Å²) in [6.07, 6.45) is 2.75. The molecule has 28 heavy (non-hydrogen) atoms. The van der Waals surface area contributed by atoms with E-state index in [0.29, 0.717) is 0 Å². The fourth-order valence-electron chi connectivity index (χ4n) is 5.15. The molecule has 0 N–H and O–H groups in total. The molecule has 0 radical (unpaired) electrons. The maximum Gasteiger partial charge on any atom is 0.207 e. The predicted molar refractivity (Wildman–Crippen MR) is 112 cm³/mol. The van der Waals surface area contributed by atoms with Gasteiger partial charge < -0.3 is 4.74 Å². The van der Waals surface area contributed by atoms with E-state index in [9.17, 15) is 4.79 Å². The average Bonchev–Trinajstić information content (AvgIpc) is 3.09. The maximum absolute atomic E-state index is 13.1. The Labute approximate surface area is 163 Å². The van der Waals surface area contributed by atoms with Gasteiger partial charge in [-0.05, 0) is 64.1 Å². The molecule has 0 spiro atoms. The number of aryl methyl sites for hydroxylation is 1. The van der Waals surface area contributed by atoms with Gasteiger partial charge in [0.2, 0.25) is 5.78 Å². The molecule has 4 aromatic carbocycles. The number of ether oxygens (including phenoxy) is 1. The van der Waals surface area contributed by atoms with Crippen molar-refractivity contribution in [1.29, 1.82) is 0 Å². The highest BCUT2D eigenvalue weighted by Gasteiger charge is 2.41. The minimum absolute atomic E-state index is 0.105. The number of para-hydroxylation sites is 1. The molecule has 2 nitrogen and oxygen atoms in total. The van der Waals surface area contributed by atoms with E-state index < -0.39 is 6.10 Å². The number of carbonyl (C=O) groups excluding carboxylic acids is 1. The second-order valence-corrected chi connectivity index (χ2v) is 7.92. The van der Waals surface area contributed by atoms with Crippen LogP contribution in [0.5, 0.6) is 5.75 Å². The molecular weight excluding hydrogens is 344 g/mol. The highest BCUT2D eigenvalue weighted by molar-refractivity contribution is 6.10. The Balaban J connectivity index is 1.56. The third kappa shape index (κ3) is 2.18. The van der Waals surface area contributed by atoms with Crippen LogP contribution < -0.4 is 4.74 Å². The molecule has 0 saturated carbocycles. The van der Waals surface area contributed by atoms with Crippen LogP contribution in [0.4, 0.5) is 0 Å². The summed E-state index contributed by atoms with van der Waals surface area (Å²) in [6, 6.07) is 25.1. The first kappa shape index (κ1) is 15.9. The van der Waals surface area contributed by atoms with E-state index in [1.54, 1.807) is 0 Å². The van der Waals surface area contributed by atoms with Gasteiger partial charge in [-0.2, -0.15) is 0 Å². The van der Waals surface area contributed by atoms with Crippen LogP contribution in [0.1, 0.15) is 40.2 Å². The summed E-state index contributed by atoms with van der Waals surface area (Å²) >= 11 is 0. The SMILES string of the molecule is O=C1c2ccccc2OC1C1CCCc2ccc3c(ccc4ccccc43)c21. The lowest BCUT2D eigenvalue weighted by atomic mass is 9.76. The van der Waals surface area contributed by atoms with E-state index in [0.717, 1.165) is 30.6 Å². The summed E-state index contributed by atoms with van der Waals surface area (Å²) in [5.74, 6) is 0.968. The predicted octanol–water partition coefficient (Wildman–Crippen LogP) is 6.06. The van der Waals surface area contributed by atoms with Gasteiger partial charge in [0.05, 0.1) is 5.56 Å². The lowest BCUT2D eigenvalue weighted by Crippen LogP contribution is -2.31. The standard InChI is InChI=1S/C26H20O2/c27-25-21-9-3-4-11-23(21)28-26(25)22-10-5-7-17-13-14-19-18-8-2-1-6-16(18)12-15-20(19)24(17)22/h1-4,6,8-9,11-15,22,26H,5,7,10H2. The lowest BCUT2D eigenvalue weighted by molar-refractivity contribution is 0.0808. The van der Waals surface area contributed by atoms with Crippen molar-refractivity contribution in [3.63, 3.8) is 0 Å². The summed E-state index contributed by atoms with van der Waals surface area (Å²) in [5, 5.41) is 5.07. The molecule has 6 rings (SSSR count). The van der Waals surface area contributed by atoms with Gasteiger partial charge in [0.25, 0.3) is 0 Å². The van der Waals surface area contributed by atoms with Gasteiger partial charge in [0.15, 0.2) is 6.10 Å². The smallest absolute Gasteiger partial charge is 0.207 e. The normalized spacial score (nSPS) is 20.8. The second-order valence-electron chi connectivity index (χ2n) is 7.92. The molecular formula is C26H20O2. The topological polar surface area (TPSA) is 26.3 Å². The molecule has 0 amide bonds. The van der Waals surface area contributed by atoms with Gasteiger partial charge in [-0.25, -0.2) is 0 Å². The number of hydrogen-bond donors (Lipinski definition) is 0. The van der Waals surface area contributed by atoms with Gasteiger partial charge in [-0.15, -0.1) is 0 Å². The summed E-state index contributed by atoms with van der Waals surface area (Å²) in [5.41, 5.74) is 3.41. The van der Waals surface area contributed by atoms with Crippen molar-refractivity contribution in [2.75, 3.05) is 0 Å². The van der Waals surface area contributed by atoms with Gasteiger partial charge in [0, 0.05) is 5.92 Å². The molecule has 0 bridgehead atoms. The van der Waals surface area contributed by atoms with E-state index in [1.165, 1.54) is 32.7 Å². The molecule has 136 valence electrons. The maximum atomic E-state index is 13.1. The molecule has 2 aliphatic rings. The van der Waals surface area contributed by atoms with Gasteiger partial charge in [-0.3, -0.25) is 4.79 Å². The first-order valence-corrected chi connectivity index (χ1v) is 10.0. The average molecular weight is 364 g/mol. The third-order valence-electron chi connectivity index (χ3n) is 6.42. The van der Waals surface area contributed by atoms with E-state index in [2.05, 4.69) is 48.5 Å². The molecule has 1 aliphatic heterocycles. The Morgan fingerprint density at radius 1 is 0.786 bits per heavy atom. The number of ketones is 1. The molecule has 4 aromatic rings. The van der Waals surface area contributed by atoms with Crippen molar-refractivity contribution in [2.45, 2.75) is 31.3 Å². The van der Waals surface area contributed by atoms with Crippen LogP contribution in [-0.4, -0.2) is 11.9 Å². The molecule has 0 fully saturated rings. The monoisotopic (exact) mass is 364 g/mol. The summed E-state index contributed by atoms with van der Waals surface area (Å²) in [7, 11) is 0. The zero-order valence-electron chi connectivity index (χ0n) is 15.5. The molecule has 0 aromatic heterocycles. The fourth-order valence-corrected chi connectivity index (χ4v) is 5.15. The van der Waals surface area contributed by atoms with Crippen LogP contribution in [0.15, 0.2) is 72.8 Å². The first-order chi connectivity index (χ1) is 13.8. The van der Waals surface area contributed by atoms with Crippen LogP contribution >= 0.6 is 0 Å². The van der Waals surface area contributed by atoms with Gasteiger partial charge in [-0.1, -0.05) is 60.7 Å². The summed E-state index contributed by atoms with van der Waals surface area (Å²) in [6.45, 7) is 0. The number of benzene rings is 4. The van der Waals surface area contributed by atoms with Crippen LogP contribution in [0.3, 0.4) is 0 Å². The number of fused-ring (bicyclic) bond motifs is 6. The zero-order valence-corrected chi connectivity index (χ0v) is 15.5. The van der Waals surface area contributed by atoms with Crippen molar-refractivity contribution in [3.8, 4) is 5.75 Å². The summed E-state index contributed by atoms with van der Waals surface area (Å²) in [4.78, 5) is 13.1. The van der Waals surface area contributed by atoms with Crippen molar-refractivity contribution in [1.82, 2.24) is 0 Å². The minimum Gasteiger partial charge on any atom is -0.481 e. The molecule has 2 heteroatoms. The van der Waals surface area contributed by atoms with E-state index in [1.807, 2.05) is 24.3 Å². The molecule has 1 heterocycles.